The second kappa shape index (κ2) is 4.11. The Morgan fingerprint density at radius 3 is 3.12 bits per heavy atom. The summed E-state index contributed by atoms with van der Waals surface area (Å²) in [7, 11) is 0. The number of pyridine rings is 1. The molecular weight excluding hydrogens is 212 g/mol. The fourth-order valence-electron chi connectivity index (χ4n) is 2.75. The van der Waals surface area contributed by atoms with Crippen LogP contribution >= 0.6 is 0 Å². The van der Waals surface area contributed by atoms with Crippen LogP contribution in [-0.4, -0.2) is 21.1 Å². The van der Waals surface area contributed by atoms with Gasteiger partial charge in [0.15, 0.2) is 0 Å². The fourth-order valence-corrected chi connectivity index (χ4v) is 2.75. The van der Waals surface area contributed by atoms with Crippen molar-refractivity contribution in [2.45, 2.75) is 32.9 Å². The molecule has 2 unspecified atom stereocenters. The summed E-state index contributed by atoms with van der Waals surface area (Å²) in [6.45, 7) is 6.52. The molecule has 3 rings (SSSR count). The highest BCUT2D eigenvalue weighted by Crippen LogP contribution is 2.30. The standard InChI is InChI=1S/C13H18N4/c1-3-17-11-5-6-14-8-10(11)16-13(17)12-9(2)4-7-15-12/h5-6,8-9,12,15H,3-4,7H2,1-2H3. The highest BCUT2D eigenvalue weighted by molar-refractivity contribution is 5.74. The molecule has 0 aromatic carbocycles. The first-order chi connectivity index (χ1) is 8.31. The van der Waals surface area contributed by atoms with E-state index in [1.54, 1.807) is 0 Å². The number of rotatable bonds is 2. The molecular formula is C13H18N4. The normalized spacial score (nSPS) is 24.6. The van der Waals surface area contributed by atoms with E-state index < -0.39 is 0 Å². The number of fused-ring (bicyclic) bond motifs is 1. The smallest absolute Gasteiger partial charge is 0.127 e. The highest BCUT2D eigenvalue weighted by Gasteiger charge is 2.28. The fraction of sp³-hybridized carbons (Fsp3) is 0.538. The van der Waals surface area contributed by atoms with E-state index in [0.717, 1.165) is 18.6 Å². The maximum atomic E-state index is 4.75. The zero-order valence-electron chi connectivity index (χ0n) is 10.3. The molecule has 0 bridgehead atoms. The number of hydrogen-bond acceptors (Lipinski definition) is 3. The lowest BCUT2D eigenvalue weighted by Gasteiger charge is -2.16. The molecule has 90 valence electrons. The summed E-state index contributed by atoms with van der Waals surface area (Å²) in [6, 6.07) is 2.44. The van der Waals surface area contributed by atoms with E-state index in [9.17, 15) is 0 Å². The van der Waals surface area contributed by atoms with Gasteiger partial charge < -0.3 is 9.88 Å². The Bertz CT molecular complexity index is 531. The Morgan fingerprint density at radius 1 is 1.53 bits per heavy atom. The van der Waals surface area contributed by atoms with E-state index in [2.05, 4.69) is 34.8 Å². The van der Waals surface area contributed by atoms with Crippen molar-refractivity contribution >= 4 is 11.0 Å². The summed E-state index contributed by atoms with van der Waals surface area (Å²) < 4.78 is 2.30. The van der Waals surface area contributed by atoms with Crippen LogP contribution < -0.4 is 5.32 Å². The Kier molecular flexibility index (Phi) is 2.59. The monoisotopic (exact) mass is 230 g/mol. The molecule has 0 aliphatic carbocycles. The second-order valence-corrected chi connectivity index (χ2v) is 4.78. The van der Waals surface area contributed by atoms with Crippen molar-refractivity contribution in [2.75, 3.05) is 6.54 Å². The molecule has 4 nitrogen and oxygen atoms in total. The Hall–Kier alpha value is -1.42. The zero-order valence-corrected chi connectivity index (χ0v) is 10.3. The third-order valence-corrected chi connectivity index (χ3v) is 3.71. The summed E-state index contributed by atoms with van der Waals surface area (Å²) >= 11 is 0. The molecule has 1 aliphatic heterocycles. The molecule has 1 aliphatic rings. The molecule has 0 spiro atoms. The minimum Gasteiger partial charge on any atom is -0.327 e. The van der Waals surface area contributed by atoms with Crippen molar-refractivity contribution in [3.8, 4) is 0 Å². The third kappa shape index (κ3) is 1.63. The van der Waals surface area contributed by atoms with Gasteiger partial charge in [-0.2, -0.15) is 0 Å². The van der Waals surface area contributed by atoms with Crippen LogP contribution in [0.25, 0.3) is 11.0 Å². The van der Waals surface area contributed by atoms with Gasteiger partial charge in [0, 0.05) is 12.7 Å². The average Bonchev–Trinajstić information content (AvgIpc) is 2.91. The quantitative estimate of drug-likeness (QED) is 0.859. The van der Waals surface area contributed by atoms with Gasteiger partial charge in [-0.25, -0.2) is 4.98 Å². The van der Waals surface area contributed by atoms with Gasteiger partial charge in [-0.05, 0) is 31.9 Å². The van der Waals surface area contributed by atoms with Gasteiger partial charge in [0.1, 0.15) is 11.3 Å². The number of hydrogen-bond donors (Lipinski definition) is 1. The minimum atomic E-state index is 0.391. The molecule has 3 heterocycles. The number of aromatic nitrogens is 3. The summed E-state index contributed by atoms with van der Waals surface area (Å²) in [5, 5.41) is 3.55. The Balaban J connectivity index is 2.15. The lowest BCUT2D eigenvalue weighted by molar-refractivity contribution is 0.462. The van der Waals surface area contributed by atoms with E-state index in [1.807, 2.05) is 12.4 Å². The van der Waals surface area contributed by atoms with Crippen LogP contribution in [-0.2, 0) is 6.54 Å². The SMILES string of the molecule is CCn1c(C2NCCC2C)nc2cnccc21. The predicted octanol–water partition coefficient (Wildman–Crippen LogP) is 2.12. The van der Waals surface area contributed by atoms with Crippen molar-refractivity contribution in [2.24, 2.45) is 5.92 Å². The van der Waals surface area contributed by atoms with Gasteiger partial charge in [-0.1, -0.05) is 6.92 Å². The lowest BCUT2D eigenvalue weighted by atomic mass is 10.0. The van der Waals surface area contributed by atoms with Gasteiger partial charge in [0.25, 0.3) is 0 Å². The van der Waals surface area contributed by atoms with Crippen molar-refractivity contribution in [1.29, 1.82) is 0 Å². The molecule has 1 saturated heterocycles. The average molecular weight is 230 g/mol. The second-order valence-electron chi connectivity index (χ2n) is 4.78. The van der Waals surface area contributed by atoms with E-state index in [-0.39, 0.29) is 0 Å². The summed E-state index contributed by atoms with van der Waals surface area (Å²) in [6.07, 6.45) is 4.92. The topological polar surface area (TPSA) is 42.7 Å². The summed E-state index contributed by atoms with van der Waals surface area (Å²) in [4.78, 5) is 8.90. The first-order valence-corrected chi connectivity index (χ1v) is 6.34. The molecule has 0 saturated carbocycles. The van der Waals surface area contributed by atoms with Gasteiger partial charge in [-0.3, -0.25) is 4.98 Å². The number of nitrogens with zero attached hydrogens (tertiary/aromatic N) is 3. The van der Waals surface area contributed by atoms with Gasteiger partial charge >= 0.3 is 0 Å². The molecule has 4 heteroatoms. The molecule has 2 atom stereocenters. The Morgan fingerprint density at radius 2 is 2.41 bits per heavy atom. The first kappa shape index (κ1) is 10.7. The van der Waals surface area contributed by atoms with Crippen LogP contribution in [0.5, 0.6) is 0 Å². The van der Waals surface area contributed by atoms with Crippen molar-refractivity contribution in [3.63, 3.8) is 0 Å². The van der Waals surface area contributed by atoms with E-state index in [1.165, 1.54) is 17.8 Å². The largest absolute Gasteiger partial charge is 0.327 e. The number of imidazole rings is 1. The van der Waals surface area contributed by atoms with Crippen LogP contribution in [0.2, 0.25) is 0 Å². The maximum absolute atomic E-state index is 4.75. The van der Waals surface area contributed by atoms with Crippen LogP contribution in [0.1, 0.15) is 32.1 Å². The summed E-state index contributed by atoms with van der Waals surface area (Å²) in [5.41, 5.74) is 2.20. The molecule has 0 radical (unpaired) electrons. The predicted molar refractivity (Wildman–Crippen MR) is 67.7 cm³/mol. The van der Waals surface area contributed by atoms with Crippen LogP contribution in [0.15, 0.2) is 18.5 Å². The van der Waals surface area contributed by atoms with Crippen molar-refractivity contribution < 1.29 is 0 Å². The molecule has 1 N–H and O–H groups in total. The van der Waals surface area contributed by atoms with E-state index >= 15 is 0 Å². The zero-order chi connectivity index (χ0) is 11.8. The van der Waals surface area contributed by atoms with Crippen LogP contribution in [0.3, 0.4) is 0 Å². The van der Waals surface area contributed by atoms with Crippen molar-refractivity contribution in [1.82, 2.24) is 19.9 Å². The van der Waals surface area contributed by atoms with Gasteiger partial charge in [0.05, 0.1) is 17.8 Å². The molecule has 17 heavy (non-hydrogen) atoms. The van der Waals surface area contributed by atoms with E-state index in [4.69, 9.17) is 4.98 Å². The maximum Gasteiger partial charge on any atom is 0.127 e. The van der Waals surface area contributed by atoms with Gasteiger partial charge in [-0.15, -0.1) is 0 Å². The molecule has 0 amide bonds. The summed E-state index contributed by atoms with van der Waals surface area (Å²) in [5.74, 6) is 1.82. The Labute approximate surface area is 101 Å². The third-order valence-electron chi connectivity index (χ3n) is 3.71. The van der Waals surface area contributed by atoms with Gasteiger partial charge in [0.2, 0.25) is 0 Å². The van der Waals surface area contributed by atoms with E-state index in [0.29, 0.717) is 12.0 Å². The van der Waals surface area contributed by atoms with Crippen LogP contribution in [0, 0.1) is 5.92 Å². The lowest BCUT2D eigenvalue weighted by Crippen LogP contribution is -2.21. The highest BCUT2D eigenvalue weighted by atomic mass is 15.1. The van der Waals surface area contributed by atoms with Crippen LogP contribution in [0.4, 0.5) is 0 Å². The molecule has 2 aromatic rings. The minimum absolute atomic E-state index is 0.391. The first-order valence-electron chi connectivity index (χ1n) is 6.34. The molecule has 2 aromatic heterocycles. The number of aryl methyl sites for hydroxylation is 1. The molecule has 1 fully saturated rings. The van der Waals surface area contributed by atoms with Crippen molar-refractivity contribution in [3.05, 3.63) is 24.3 Å². The number of nitrogens with one attached hydrogen (secondary N) is 1.